The molecule has 0 saturated carbocycles. The molecule has 0 spiro atoms. The second-order valence-corrected chi connectivity index (χ2v) is 10.9. The third-order valence-corrected chi connectivity index (χ3v) is 7.05. The number of anilines is 1. The quantitative estimate of drug-likeness (QED) is 0.0914. The normalized spacial score (nSPS) is 11.2. The number of carbonyl (C=O) groups excluding carboxylic acids is 1. The van der Waals surface area contributed by atoms with Gasteiger partial charge in [0.05, 0.1) is 66.1 Å². The summed E-state index contributed by atoms with van der Waals surface area (Å²) >= 11 is 0. The van der Waals surface area contributed by atoms with Crippen molar-refractivity contribution in [3.8, 4) is 5.75 Å². The summed E-state index contributed by atoms with van der Waals surface area (Å²) in [5.74, 6) is 1.02. The first kappa shape index (κ1) is 41.1. The van der Waals surface area contributed by atoms with E-state index in [1.807, 2.05) is 36.2 Å². The number of benzene rings is 1. The molecule has 0 aliphatic carbocycles. The Morgan fingerprint density at radius 2 is 1.04 bits per heavy atom. The van der Waals surface area contributed by atoms with E-state index in [0.717, 1.165) is 56.7 Å². The Morgan fingerprint density at radius 3 is 1.58 bits per heavy atom. The van der Waals surface area contributed by atoms with Crippen LogP contribution in [0, 0.1) is 0 Å². The fraction of sp³-hybridized carbons (Fsp3) is 0.800. The van der Waals surface area contributed by atoms with Crippen molar-refractivity contribution in [1.29, 1.82) is 0 Å². The zero-order valence-electron chi connectivity index (χ0n) is 28.7. The van der Waals surface area contributed by atoms with Gasteiger partial charge in [-0.3, -0.25) is 4.79 Å². The van der Waals surface area contributed by atoms with Gasteiger partial charge >= 0.3 is 0 Å². The van der Waals surface area contributed by atoms with Crippen LogP contribution in [0.5, 0.6) is 5.75 Å². The predicted molar refractivity (Wildman–Crippen MR) is 180 cm³/mol. The van der Waals surface area contributed by atoms with Crippen LogP contribution in [0.1, 0.15) is 78.1 Å². The molecule has 262 valence electrons. The molecule has 0 heterocycles. The van der Waals surface area contributed by atoms with Crippen molar-refractivity contribution in [3.63, 3.8) is 0 Å². The second kappa shape index (κ2) is 32.0. The first-order valence-corrected chi connectivity index (χ1v) is 17.4. The lowest BCUT2D eigenvalue weighted by molar-refractivity contribution is -0.132. The summed E-state index contributed by atoms with van der Waals surface area (Å²) in [5, 5.41) is 3.08. The Bertz CT molecular complexity index is 769. The Balaban J connectivity index is 1.87. The highest BCUT2D eigenvalue weighted by Gasteiger charge is 2.12. The van der Waals surface area contributed by atoms with E-state index in [1.54, 1.807) is 0 Å². The highest BCUT2D eigenvalue weighted by Crippen LogP contribution is 2.14. The van der Waals surface area contributed by atoms with Gasteiger partial charge in [-0.05, 0) is 49.9 Å². The van der Waals surface area contributed by atoms with E-state index in [9.17, 15) is 4.79 Å². The fourth-order valence-electron chi connectivity index (χ4n) is 4.45. The van der Waals surface area contributed by atoms with E-state index in [4.69, 9.17) is 33.2 Å². The molecular weight excluding hydrogens is 576 g/mol. The molecule has 1 aromatic carbocycles. The summed E-state index contributed by atoms with van der Waals surface area (Å²) < 4.78 is 39.3. The highest BCUT2D eigenvalue weighted by atomic mass is 16.6. The van der Waals surface area contributed by atoms with Gasteiger partial charge in [-0.2, -0.15) is 0 Å². The van der Waals surface area contributed by atoms with E-state index < -0.39 is 0 Å². The molecule has 10 heteroatoms. The van der Waals surface area contributed by atoms with Gasteiger partial charge in [0.15, 0.2) is 0 Å². The van der Waals surface area contributed by atoms with Gasteiger partial charge in [-0.1, -0.05) is 46.0 Å². The van der Waals surface area contributed by atoms with Crippen LogP contribution in [0.4, 0.5) is 5.69 Å². The fourth-order valence-corrected chi connectivity index (χ4v) is 4.45. The van der Waals surface area contributed by atoms with Crippen molar-refractivity contribution in [2.75, 3.05) is 111 Å². The van der Waals surface area contributed by atoms with Gasteiger partial charge in [-0.15, -0.1) is 0 Å². The molecule has 0 atom stereocenters. The Kier molecular flexibility index (Phi) is 29.2. The summed E-state index contributed by atoms with van der Waals surface area (Å²) in [7, 11) is 1.89. The number of carbonyl (C=O) groups is 1. The molecule has 0 radical (unpaired) electrons. The molecule has 1 N–H and O–H groups in total. The summed E-state index contributed by atoms with van der Waals surface area (Å²) in [6, 6.07) is 7.80. The molecule has 0 fully saturated rings. The molecule has 0 aliphatic rings. The number of rotatable bonds is 34. The van der Waals surface area contributed by atoms with Gasteiger partial charge in [0, 0.05) is 45.5 Å². The average Bonchev–Trinajstić information content (AvgIpc) is 3.06. The third kappa shape index (κ3) is 25.9. The summed E-state index contributed by atoms with van der Waals surface area (Å²) in [4.78, 5) is 14.6. The topological polar surface area (TPSA) is 97.0 Å². The third-order valence-electron chi connectivity index (χ3n) is 7.05. The number of unbranched alkanes of at least 4 members (excludes halogenated alkanes) is 6. The van der Waals surface area contributed by atoms with Crippen molar-refractivity contribution < 1.29 is 38.0 Å². The molecule has 0 aromatic heterocycles. The van der Waals surface area contributed by atoms with Crippen LogP contribution in [0.3, 0.4) is 0 Å². The van der Waals surface area contributed by atoms with Gasteiger partial charge < -0.3 is 43.4 Å². The van der Waals surface area contributed by atoms with Crippen molar-refractivity contribution in [2.24, 2.45) is 0 Å². The number of amides is 1. The monoisotopic (exact) mass is 640 g/mol. The molecule has 1 rings (SSSR count). The summed E-state index contributed by atoms with van der Waals surface area (Å²) in [6.07, 6.45) is 10.6. The van der Waals surface area contributed by atoms with Crippen LogP contribution in [-0.2, 0) is 33.2 Å². The maximum atomic E-state index is 12.7. The van der Waals surface area contributed by atoms with Crippen LogP contribution in [-0.4, -0.2) is 117 Å². The van der Waals surface area contributed by atoms with Crippen molar-refractivity contribution in [2.45, 2.75) is 78.1 Å². The Morgan fingerprint density at radius 1 is 0.556 bits per heavy atom. The zero-order chi connectivity index (χ0) is 32.5. The van der Waals surface area contributed by atoms with E-state index in [-0.39, 0.29) is 5.91 Å². The van der Waals surface area contributed by atoms with E-state index in [1.165, 1.54) is 25.7 Å². The zero-order valence-corrected chi connectivity index (χ0v) is 28.7. The number of hydrogen-bond donors (Lipinski definition) is 1. The maximum Gasteiger partial charge on any atom is 0.222 e. The first-order chi connectivity index (χ1) is 22.2. The molecule has 1 aromatic rings. The maximum absolute atomic E-state index is 12.7. The molecule has 0 unspecified atom stereocenters. The standard InChI is InChI=1S/C35H64N2O8/c1-4-6-7-8-11-20-39-23-26-42-27-24-40-21-12-9-10-13-35(38)37(18-5-2)19-22-41-25-28-43-29-30-44-31-32-45-34-16-14-33(36-3)15-17-34/h14-17,36H,4-13,18-32H2,1-3H3. The SMILES string of the molecule is CCCCCCCOCCOCCOCCCCCC(=O)N(CCC)CCOCCOCCOCCOc1ccc(NC)cc1. The van der Waals surface area contributed by atoms with Crippen molar-refractivity contribution in [3.05, 3.63) is 24.3 Å². The molecule has 45 heavy (non-hydrogen) atoms. The number of nitrogens with one attached hydrogen (secondary N) is 1. The van der Waals surface area contributed by atoms with Gasteiger partial charge in [0.1, 0.15) is 12.4 Å². The Labute approximate surface area is 273 Å². The first-order valence-electron chi connectivity index (χ1n) is 17.4. The minimum atomic E-state index is 0.199. The molecule has 10 nitrogen and oxygen atoms in total. The van der Waals surface area contributed by atoms with Crippen LogP contribution >= 0.6 is 0 Å². The lowest BCUT2D eigenvalue weighted by Gasteiger charge is -2.22. The molecule has 0 bridgehead atoms. The van der Waals surface area contributed by atoms with Crippen LogP contribution in [0.2, 0.25) is 0 Å². The highest BCUT2D eigenvalue weighted by molar-refractivity contribution is 5.76. The smallest absolute Gasteiger partial charge is 0.222 e. The molecule has 0 saturated heterocycles. The van der Waals surface area contributed by atoms with Gasteiger partial charge in [0.2, 0.25) is 5.91 Å². The number of nitrogens with zero attached hydrogens (tertiary/aromatic N) is 1. The summed E-state index contributed by atoms with van der Waals surface area (Å²) in [5.41, 5.74) is 1.05. The summed E-state index contributed by atoms with van der Waals surface area (Å²) in [6.45, 7) is 13.2. The van der Waals surface area contributed by atoms with Gasteiger partial charge in [0.25, 0.3) is 0 Å². The molecular formula is C35H64N2O8. The largest absolute Gasteiger partial charge is 0.491 e. The number of hydrogen-bond acceptors (Lipinski definition) is 9. The molecule has 0 aliphatic heterocycles. The lowest BCUT2D eigenvalue weighted by atomic mass is 10.2. The van der Waals surface area contributed by atoms with E-state index in [2.05, 4.69) is 19.2 Å². The van der Waals surface area contributed by atoms with E-state index in [0.29, 0.717) is 92.2 Å². The Hall–Kier alpha value is -1.95. The van der Waals surface area contributed by atoms with Crippen LogP contribution in [0.15, 0.2) is 24.3 Å². The lowest BCUT2D eigenvalue weighted by Crippen LogP contribution is -2.34. The van der Waals surface area contributed by atoms with Crippen molar-refractivity contribution >= 4 is 11.6 Å². The molecule has 1 amide bonds. The minimum absolute atomic E-state index is 0.199. The van der Waals surface area contributed by atoms with Crippen molar-refractivity contribution in [1.82, 2.24) is 4.90 Å². The van der Waals surface area contributed by atoms with Crippen LogP contribution < -0.4 is 10.1 Å². The van der Waals surface area contributed by atoms with E-state index >= 15 is 0 Å². The predicted octanol–water partition coefficient (Wildman–Crippen LogP) is 5.98. The number of ether oxygens (including phenoxy) is 7. The van der Waals surface area contributed by atoms with Gasteiger partial charge in [-0.25, -0.2) is 0 Å². The average molecular weight is 641 g/mol. The minimum Gasteiger partial charge on any atom is -0.491 e. The van der Waals surface area contributed by atoms with Crippen LogP contribution in [0.25, 0.3) is 0 Å². The second-order valence-electron chi connectivity index (χ2n) is 10.9.